The first-order valence-corrected chi connectivity index (χ1v) is 11.7. The van der Waals surface area contributed by atoms with Gasteiger partial charge in [0.15, 0.2) is 0 Å². The second-order valence-corrected chi connectivity index (χ2v) is 9.62. The van der Waals surface area contributed by atoms with E-state index in [1.54, 1.807) is 0 Å². The molecule has 0 radical (unpaired) electrons. The van der Waals surface area contributed by atoms with Crippen LogP contribution < -0.4 is 10.2 Å². The minimum atomic E-state index is -0.155. The van der Waals surface area contributed by atoms with Gasteiger partial charge in [-0.05, 0) is 63.3 Å². The first kappa shape index (κ1) is 22.5. The number of anilines is 1. The molecule has 1 aromatic carbocycles. The molecule has 1 amide bonds. The van der Waals surface area contributed by atoms with Crippen LogP contribution in [0.3, 0.4) is 0 Å². The maximum absolute atomic E-state index is 13.1. The van der Waals surface area contributed by atoms with Crippen molar-refractivity contribution < 1.29 is 9.90 Å². The molecule has 2 aromatic rings. The van der Waals surface area contributed by atoms with Gasteiger partial charge in [0.05, 0.1) is 11.6 Å². The van der Waals surface area contributed by atoms with Gasteiger partial charge in [-0.15, -0.1) is 0 Å². The zero-order valence-corrected chi connectivity index (χ0v) is 19.6. The lowest BCUT2D eigenvalue weighted by Gasteiger charge is -2.21. The Bertz CT molecular complexity index is 948. The van der Waals surface area contributed by atoms with E-state index in [4.69, 9.17) is 4.98 Å². The van der Waals surface area contributed by atoms with Gasteiger partial charge in [0.1, 0.15) is 5.75 Å². The van der Waals surface area contributed by atoms with Crippen molar-refractivity contribution in [1.82, 2.24) is 20.2 Å². The van der Waals surface area contributed by atoms with Gasteiger partial charge in [-0.3, -0.25) is 9.69 Å². The van der Waals surface area contributed by atoms with Gasteiger partial charge < -0.3 is 15.3 Å². The highest BCUT2D eigenvalue weighted by Gasteiger charge is 2.39. The fourth-order valence-electron chi connectivity index (χ4n) is 5.00. The number of hydrogen-bond donors (Lipinski definition) is 2. The summed E-state index contributed by atoms with van der Waals surface area (Å²) in [5.74, 6) is 1.10. The predicted octanol–water partition coefficient (Wildman–Crippen LogP) is 3.14. The summed E-state index contributed by atoms with van der Waals surface area (Å²) in [4.78, 5) is 27.1. The highest BCUT2D eigenvalue weighted by Crippen LogP contribution is 2.34. The Labute approximate surface area is 190 Å². The number of carbonyl (C=O) groups excluding carboxylic acids is 1. The molecule has 0 spiro atoms. The Hall–Kier alpha value is -2.67. The third-order valence-electron chi connectivity index (χ3n) is 6.55. The van der Waals surface area contributed by atoms with Crippen LogP contribution in [0.25, 0.3) is 0 Å². The van der Waals surface area contributed by atoms with E-state index in [2.05, 4.69) is 20.1 Å². The third kappa shape index (κ3) is 4.88. The summed E-state index contributed by atoms with van der Waals surface area (Å²) in [5.41, 5.74) is 3.88. The molecule has 2 saturated heterocycles. The van der Waals surface area contributed by atoms with Crippen LogP contribution in [-0.2, 0) is 11.3 Å². The number of aromatic hydroxyl groups is 1. The molecule has 3 heterocycles. The molecule has 4 rings (SSSR count). The van der Waals surface area contributed by atoms with Crippen molar-refractivity contribution in [3.05, 3.63) is 46.8 Å². The SMILES string of the molecule is Cc1cc(CN2C[C@H](C(=O)NC(C)C)[C@@H](c3ccnc(N4CCCC4)n3)C2)cc(C)c1O. The monoisotopic (exact) mass is 437 g/mol. The average molecular weight is 438 g/mol. The van der Waals surface area contributed by atoms with Crippen molar-refractivity contribution in [1.29, 1.82) is 0 Å². The molecule has 7 nitrogen and oxygen atoms in total. The predicted molar refractivity (Wildman–Crippen MR) is 126 cm³/mol. The standard InChI is InChI=1S/C25H35N5O2/c1-16(2)27-24(32)21-15-29(13-19-11-17(3)23(31)18(4)12-19)14-20(21)22-7-8-26-25(28-22)30-9-5-6-10-30/h7-8,11-12,16,20-21,31H,5-6,9-10,13-15H2,1-4H3,(H,27,32)/t20-,21-/m0/s1. The van der Waals surface area contributed by atoms with Gasteiger partial charge in [-0.1, -0.05) is 12.1 Å². The van der Waals surface area contributed by atoms with Crippen LogP contribution in [0.4, 0.5) is 5.95 Å². The lowest BCUT2D eigenvalue weighted by atomic mass is 9.91. The molecule has 2 N–H and O–H groups in total. The molecular formula is C25H35N5O2. The van der Waals surface area contributed by atoms with E-state index in [0.717, 1.165) is 54.5 Å². The van der Waals surface area contributed by atoms with Crippen LogP contribution in [0.5, 0.6) is 5.75 Å². The van der Waals surface area contributed by atoms with Gasteiger partial charge in [-0.25, -0.2) is 9.97 Å². The van der Waals surface area contributed by atoms with E-state index in [1.165, 1.54) is 12.8 Å². The van der Waals surface area contributed by atoms with E-state index in [0.29, 0.717) is 12.3 Å². The van der Waals surface area contributed by atoms with Crippen molar-refractivity contribution in [2.45, 2.75) is 59.0 Å². The highest BCUT2D eigenvalue weighted by atomic mass is 16.3. The maximum atomic E-state index is 13.1. The Morgan fingerprint density at radius 3 is 2.53 bits per heavy atom. The molecule has 0 aliphatic carbocycles. The number of aromatic nitrogens is 2. The molecule has 2 atom stereocenters. The third-order valence-corrected chi connectivity index (χ3v) is 6.55. The maximum Gasteiger partial charge on any atom is 0.225 e. The molecule has 7 heteroatoms. The minimum absolute atomic E-state index is 0.0254. The summed E-state index contributed by atoms with van der Waals surface area (Å²) >= 11 is 0. The molecule has 2 aliphatic heterocycles. The molecule has 0 bridgehead atoms. The first-order valence-electron chi connectivity index (χ1n) is 11.7. The first-order chi connectivity index (χ1) is 15.3. The number of amides is 1. The number of carbonyl (C=O) groups is 1. The molecule has 2 aliphatic rings. The smallest absolute Gasteiger partial charge is 0.225 e. The van der Waals surface area contributed by atoms with Gasteiger partial charge in [0.2, 0.25) is 11.9 Å². The van der Waals surface area contributed by atoms with Crippen LogP contribution in [0.2, 0.25) is 0 Å². The number of benzene rings is 1. The van der Waals surface area contributed by atoms with Crippen LogP contribution in [0.1, 0.15) is 55.0 Å². The number of rotatable bonds is 6. The van der Waals surface area contributed by atoms with Gasteiger partial charge >= 0.3 is 0 Å². The normalized spacial score (nSPS) is 21.5. The van der Waals surface area contributed by atoms with Gasteiger partial charge in [0, 0.05) is 50.9 Å². The lowest BCUT2D eigenvalue weighted by molar-refractivity contribution is -0.125. The number of phenols is 1. The summed E-state index contributed by atoms with van der Waals surface area (Å²) in [6.07, 6.45) is 4.19. The molecule has 2 fully saturated rings. The Morgan fingerprint density at radius 2 is 1.88 bits per heavy atom. The largest absolute Gasteiger partial charge is 0.507 e. The van der Waals surface area contributed by atoms with Crippen LogP contribution in [0.15, 0.2) is 24.4 Å². The minimum Gasteiger partial charge on any atom is -0.507 e. The van der Waals surface area contributed by atoms with Crippen molar-refractivity contribution in [3.63, 3.8) is 0 Å². The number of likely N-dealkylation sites (tertiary alicyclic amines) is 1. The molecule has 0 unspecified atom stereocenters. The number of nitrogens with zero attached hydrogens (tertiary/aromatic N) is 4. The second kappa shape index (κ2) is 9.45. The van der Waals surface area contributed by atoms with Crippen molar-refractivity contribution in [2.24, 2.45) is 5.92 Å². The summed E-state index contributed by atoms with van der Waals surface area (Å²) in [7, 11) is 0. The van der Waals surface area contributed by atoms with E-state index in [9.17, 15) is 9.90 Å². The molecule has 0 saturated carbocycles. The van der Waals surface area contributed by atoms with Crippen molar-refractivity contribution in [3.8, 4) is 5.75 Å². The summed E-state index contributed by atoms with van der Waals surface area (Å²) in [5, 5.41) is 13.2. The molecule has 172 valence electrons. The topological polar surface area (TPSA) is 81.6 Å². The Morgan fingerprint density at radius 1 is 1.19 bits per heavy atom. The second-order valence-electron chi connectivity index (χ2n) is 9.62. The van der Waals surface area contributed by atoms with E-state index >= 15 is 0 Å². The molecule has 32 heavy (non-hydrogen) atoms. The zero-order valence-electron chi connectivity index (χ0n) is 19.6. The number of aryl methyl sites for hydroxylation is 2. The van der Waals surface area contributed by atoms with E-state index in [1.807, 2.05) is 52.1 Å². The number of hydrogen-bond acceptors (Lipinski definition) is 6. The van der Waals surface area contributed by atoms with E-state index < -0.39 is 0 Å². The van der Waals surface area contributed by atoms with Crippen LogP contribution in [0, 0.1) is 19.8 Å². The van der Waals surface area contributed by atoms with Crippen LogP contribution >= 0.6 is 0 Å². The fourth-order valence-corrected chi connectivity index (χ4v) is 5.00. The molecular weight excluding hydrogens is 402 g/mol. The average Bonchev–Trinajstić information content (AvgIpc) is 3.42. The van der Waals surface area contributed by atoms with E-state index in [-0.39, 0.29) is 23.8 Å². The highest BCUT2D eigenvalue weighted by molar-refractivity contribution is 5.80. The van der Waals surface area contributed by atoms with Crippen molar-refractivity contribution >= 4 is 11.9 Å². The summed E-state index contributed by atoms with van der Waals surface area (Å²) in [6.45, 7) is 12.0. The van der Waals surface area contributed by atoms with Crippen molar-refractivity contribution in [2.75, 3.05) is 31.1 Å². The Balaban J connectivity index is 1.58. The quantitative estimate of drug-likeness (QED) is 0.723. The van der Waals surface area contributed by atoms with Gasteiger partial charge in [0.25, 0.3) is 0 Å². The summed E-state index contributed by atoms with van der Waals surface area (Å²) < 4.78 is 0. The van der Waals surface area contributed by atoms with Gasteiger partial charge in [-0.2, -0.15) is 0 Å². The lowest BCUT2D eigenvalue weighted by Crippen LogP contribution is -2.38. The molecule has 1 aromatic heterocycles. The Kier molecular flexibility index (Phi) is 6.65. The summed E-state index contributed by atoms with van der Waals surface area (Å²) in [6, 6.07) is 6.15. The zero-order chi connectivity index (χ0) is 22.8. The van der Waals surface area contributed by atoms with Crippen LogP contribution in [-0.4, -0.2) is 58.1 Å². The fraction of sp³-hybridized carbons (Fsp3) is 0.560. The number of phenolic OH excluding ortho intramolecular Hbond substituents is 1. The number of nitrogens with one attached hydrogen (secondary N) is 1.